The molecule has 2 aromatic rings. The Morgan fingerprint density at radius 1 is 1.16 bits per heavy atom. The highest BCUT2D eigenvalue weighted by Gasteiger charge is 2.18. The van der Waals surface area contributed by atoms with E-state index in [0.717, 1.165) is 0 Å². The van der Waals surface area contributed by atoms with Gasteiger partial charge in [-0.05, 0) is 62.2 Å². The molecular formula is C13H7Br2ClFNO. The van der Waals surface area contributed by atoms with Crippen LogP contribution in [0.4, 0.5) is 10.1 Å². The summed E-state index contributed by atoms with van der Waals surface area (Å²) in [5, 5.41) is -0.111. The zero-order chi connectivity index (χ0) is 14.2. The molecule has 0 unspecified atom stereocenters. The molecule has 19 heavy (non-hydrogen) atoms. The number of rotatable bonds is 2. The third-order valence-corrected chi connectivity index (χ3v) is 4.49. The van der Waals surface area contributed by atoms with E-state index in [0.29, 0.717) is 20.2 Å². The van der Waals surface area contributed by atoms with Gasteiger partial charge in [0.25, 0.3) is 0 Å². The van der Waals surface area contributed by atoms with Crippen molar-refractivity contribution in [1.29, 1.82) is 0 Å². The van der Waals surface area contributed by atoms with Crippen LogP contribution in [-0.2, 0) is 0 Å². The molecule has 0 aliphatic rings. The average molecular weight is 407 g/mol. The van der Waals surface area contributed by atoms with Crippen LogP contribution in [0.25, 0.3) is 0 Å². The van der Waals surface area contributed by atoms with Crippen LogP contribution in [0.1, 0.15) is 15.9 Å². The van der Waals surface area contributed by atoms with Crippen LogP contribution in [0.5, 0.6) is 0 Å². The number of halogens is 4. The summed E-state index contributed by atoms with van der Waals surface area (Å²) >= 11 is 12.1. The number of anilines is 1. The van der Waals surface area contributed by atoms with Gasteiger partial charge in [0.15, 0.2) is 11.6 Å². The maximum absolute atomic E-state index is 14.0. The highest BCUT2D eigenvalue weighted by Crippen LogP contribution is 2.29. The summed E-state index contributed by atoms with van der Waals surface area (Å²) in [6, 6.07) is 7.59. The van der Waals surface area contributed by atoms with E-state index in [1.165, 1.54) is 18.2 Å². The molecule has 0 aliphatic carbocycles. The SMILES string of the molecule is Nc1ccc(C(=O)c2ccc(Br)c(Cl)c2F)cc1Br. The van der Waals surface area contributed by atoms with Gasteiger partial charge in [0, 0.05) is 20.2 Å². The minimum atomic E-state index is -0.742. The molecule has 0 bridgehead atoms. The largest absolute Gasteiger partial charge is 0.398 e. The Bertz CT molecular complexity index is 676. The smallest absolute Gasteiger partial charge is 0.196 e. The molecule has 0 fully saturated rings. The molecule has 0 saturated heterocycles. The Labute approximate surface area is 131 Å². The summed E-state index contributed by atoms with van der Waals surface area (Å²) < 4.78 is 14.9. The molecule has 2 nitrogen and oxygen atoms in total. The second-order valence-corrected chi connectivity index (χ2v) is 5.87. The van der Waals surface area contributed by atoms with Gasteiger partial charge in [-0.3, -0.25) is 4.79 Å². The monoisotopic (exact) mass is 405 g/mol. The number of benzene rings is 2. The maximum Gasteiger partial charge on any atom is 0.196 e. The second-order valence-electron chi connectivity index (χ2n) is 3.79. The van der Waals surface area contributed by atoms with Gasteiger partial charge in [-0.1, -0.05) is 11.6 Å². The Kier molecular flexibility index (Phi) is 4.28. The average Bonchev–Trinajstić information content (AvgIpc) is 2.39. The molecular weight excluding hydrogens is 400 g/mol. The van der Waals surface area contributed by atoms with E-state index >= 15 is 0 Å². The lowest BCUT2D eigenvalue weighted by atomic mass is 10.0. The first kappa shape index (κ1) is 14.5. The van der Waals surface area contributed by atoms with Gasteiger partial charge in [0.1, 0.15) is 0 Å². The zero-order valence-corrected chi connectivity index (χ0v) is 13.3. The number of nitrogens with two attached hydrogens (primary N) is 1. The minimum absolute atomic E-state index is 0.0788. The van der Waals surface area contributed by atoms with Gasteiger partial charge in [-0.15, -0.1) is 0 Å². The fraction of sp³-hybridized carbons (Fsp3) is 0. The van der Waals surface area contributed by atoms with Crippen molar-refractivity contribution in [2.45, 2.75) is 0 Å². The van der Waals surface area contributed by atoms with Crippen molar-refractivity contribution in [2.75, 3.05) is 5.73 Å². The highest BCUT2D eigenvalue weighted by molar-refractivity contribution is 9.11. The number of ketones is 1. The van der Waals surface area contributed by atoms with Crippen LogP contribution in [0, 0.1) is 5.82 Å². The number of nitrogen functional groups attached to an aromatic ring is 1. The lowest BCUT2D eigenvalue weighted by molar-refractivity contribution is 0.103. The summed E-state index contributed by atoms with van der Waals surface area (Å²) in [6.45, 7) is 0. The van der Waals surface area contributed by atoms with Crippen molar-refractivity contribution in [3.8, 4) is 0 Å². The van der Waals surface area contributed by atoms with Crippen LogP contribution >= 0.6 is 43.5 Å². The van der Waals surface area contributed by atoms with Crippen molar-refractivity contribution in [3.63, 3.8) is 0 Å². The molecule has 0 saturated carbocycles. The number of carbonyl (C=O) groups excluding carboxylic acids is 1. The van der Waals surface area contributed by atoms with Crippen molar-refractivity contribution in [1.82, 2.24) is 0 Å². The summed E-state index contributed by atoms with van der Waals surface area (Å²) in [6.07, 6.45) is 0. The fourth-order valence-corrected chi connectivity index (χ4v) is 2.37. The van der Waals surface area contributed by atoms with E-state index in [4.69, 9.17) is 17.3 Å². The number of hydrogen-bond donors (Lipinski definition) is 1. The lowest BCUT2D eigenvalue weighted by Crippen LogP contribution is -2.05. The van der Waals surface area contributed by atoms with Crippen LogP contribution in [0.15, 0.2) is 39.3 Å². The quantitative estimate of drug-likeness (QED) is 0.441. The van der Waals surface area contributed by atoms with Crippen molar-refractivity contribution >= 4 is 54.9 Å². The first-order chi connectivity index (χ1) is 8.91. The zero-order valence-electron chi connectivity index (χ0n) is 9.38. The predicted octanol–water partition coefficient (Wildman–Crippen LogP) is 4.82. The van der Waals surface area contributed by atoms with E-state index in [1.807, 2.05) is 0 Å². The summed E-state index contributed by atoms with van der Waals surface area (Å²) in [5.41, 5.74) is 6.40. The first-order valence-electron chi connectivity index (χ1n) is 5.15. The first-order valence-corrected chi connectivity index (χ1v) is 7.11. The standard InChI is InChI=1S/C13H7Br2ClFNO/c14-8-3-2-7(12(17)11(8)16)13(19)6-1-4-10(18)9(15)5-6/h1-5H,18H2. The second kappa shape index (κ2) is 5.61. The molecule has 98 valence electrons. The molecule has 2 aromatic carbocycles. The Morgan fingerprint density at radius 2 is 1.84 bits per heavy atom. The van der Waals surface area contributed by atoms with E-state index in [2.05, 4.69) is 31.9 Å². The Morgan fingerprint density at radius 3 is 2.47 bits per heavy atom. The molecule has 0 aromatic heterocycles. The maximum atomic E-state index is 14.0. The highest BCUT2D eigenvalue weighted by atomic mass is 79.9. The minimum Gasteiger partial charge on any atom is -0.398 e. The molecule has 0 spiro atoms. The Hall–Kier alpha value is -0.910. The lowest BCUT2D eigenvalue weighted by Gasteiger charge is -2.07. The summed E-state index contributed by atoms with van der Waals surface area (Å²) in [5.74, 6) is -1.19. The third-order valence-electron chi connectivity index (χ3n) is 2.54. The van der Waals surface area contributed by atoms with Crippen molar-refractivity contribution in [3.05, 3.63) is 61.2 Å². The fourth-order valence-electron chi connectivity index (χ4n) is 1.53. The van der Waals surface area contributed by atoms with Crippen molar-refractivity contribution in [2.24, 2.45) is 0 Å². The van der Waals surface area contributed by atoms with Crippen LogP contribution in [0.3, 0.4) is 0 Å². The molecule has 0 radical (unpaired) electrons. The topological polar surface area (TPSA) is 43.1 Å². The molecule has 2 N–H and O–H groups in total. The van der Waals surface area contributed by atoms with E-state index in [9.17, 15) is 9.18 Å². The Balaban J connectivity index is 2.50. The van der Waals surface area contributed by atoms with Crippen LogP contribution in [0.2, 0.25) is 5.02 Å². The molecule has 0 amide bonds. The molecule has 0 aliphatic heterocycles. The summed E-state index contributed by atoms with van der Waals surface area (Å²) in [7, 11) is 0. The normalized spacial score (nSPS) is 10.5. The van der Waals surface area contributed by atoms with Crippen molar-refractivity contribution < 1.29 is 9.18 Å². The van der Waals surface area contributed by atoms with Gasteiger partial charge < -0.3 is 5.73 Å². The molecule has 0 atom stereocenters. The molecule has 2 rings (SSSR count). The van der Waals surface area contributed by atoms with Crippen LogP contribution < -0.4 is 5.73 Å². The summed E-state index contributed by atoms with van der Waals surface area (Å²) in [4.78, 5) is 12.2. The predicted molar refractivity (Wildman–Crippen MR) is 81.1 cm³/mol. The van der Waals surface area contributed by atoms with Gasteiger partial charge >= 0.3 is 0 Å². The van der Waals surface area contributed by atoms with Crippen LogP contribution in [-0.4, -0.2) is 5.78 Å². The van der Waals surface area contributed by atoms with Gasteiger partial charge in [0.2, 0.25) is 0 Å². The van der Waals surface area contributed by atoms with E-state index < -0.39 is 11.6 Å². The van der Waals surface area contributed by atoms with E-state index in [-0.39, 0.29) is 10.6 Å². The van der Waals surface area contributed by atoms with Gasteiger partial charge in [-0.25, -0.2) is 4.39 Å². The molecule has 6 heteroatoms. The molecule has 0 heterocycles. The number of carbonyl (C=O) groups is 1. The number of hydrogen-bond acceptors (Lipinski definition) is 2. The third kappa shape index (κ3) is 2.83. The van der Waals surface area contributed by atoms with Gasteiger partial charge in [0.05, 0.1) is 10.6 Å². The van der Waals surface area contributed by atoms with E-state index in [1.54, 1.807) is 12.1 Å². The van der Waals surface area contributed by atoms with Gasteiger partial charge in [-0.2, -0.15) is 0 Å².